The van der Waals surface area contributed by atoms with Crippen molar-refractivity contribution in [2.45, 2.75) is 30.7 Å². The first-order valence-electron chi connectivity index (χ1n) is 7.27. The lowest BCUT2D eigenvalue weighted by atomic mass is 9.98. The molecule has 1 heterocycles. The highest BCUT2D eigenvalue weighted by atomic mass is 16.7. The van der Waals surface area contributed by atoms with Crippen LogP contribution in [0.5, 0.6) is 11.5 Å². The van der Waals surface area contributed by atoms with Gasteiger partial charge in [0.25, 0.3) is 0 Å². The largest absolute Gasteiger partial charge is 0.493 e. The molecule has 5 atom stereocenters. The van der Waals surface area contributed by atoms with Crippen LogP contribution in [0.4, 0.5) is 0 Å². The van der Waals surface area contributed by atoms with Gasteiger partial charge in [0.1, 0.15) is 18.3 Å². The van der Waals surface area contributed by atoms with Crippen LogP contribution in [0.15, 0.2) is 36.9 Å². The molecule has 1 fully saturated rings. The molecule has 1 aliphatic heterocycles. The van der Waals surface area contributed by atoms with Crippen molar-refractivity contribution in [3.8, 4) is 11.5 Å². The molecular weight excluding hydrogens is 304 g/mol. The van der Waals surface area contributed by atoms with Gasteiger partial charge in [0.05, 0.1) is 20.3 Å². The number of hydrogen-bond acceptors (Lipinski definition) is 7. The Bertz CT molecular complexity index is 507. The minimum Gasteiger partial charge on any atom is -0.493 e. The van der Waals surface area contributed by atoms with Gasteiger partial charge in [0, 0.05) is 0 Å². The van der Waals surface area contributed by atoms with Crippen LogP contribution in [0, 0.1) is 0 Å². The number of methoxy groups -OCH3 is 1. The van der Waals surface area contributed by atoms with Crippen molar-refractivity contribution in [2.24, 2.45) is 0 Å². The van der Waals surface area contributed by atoms with E-state index in [0.717, 1.165) is 0 Å². The molecule has 0 spiro atoms. The van der Waals surface area contributed by atoms with Crippen molar-refractivity contribution >= 4 is 0 Å². The molecule has 0 bridgehead atoms. The van der Waals surface area contributed by atoms with Crippen LogP contribution >= 0.6 is 0 Å². The molecule has 7 nitrogen and oxygen atoms in total. The van der Waals surface area contributed by atoms with Gasteiger partial charge in [0.2, 0.25) is 0 Å². The number of ether oxygens (including phenoxy) is 4. The van der Waals surface area contributed by atoms with Crippen molar-refractivity contribution in [3.05, 3.63) is 36.9 Å². The van der Waals surface area contributed by atoms with Crippen LogP contribution in [0.2, 0.25) is 0 Å². The van der Waals surface area contributed by atoms with E-state index in [1.807, 2.05) is 0 Å². The van der Waals surface area contributed by atoms with Gasteiger partial charge in [0.15, 0.2) is 23.9 Å². The Labute approximate surface area is 134 Å². The smallest absolute Gasteiger partial charge is 0.184 e. The second kappa shape index (κ2) is 8.28. The highest BCUT2D eigenvalue weighted by Crippen LogP contribution is 2.32. The molecular formula is C16H22O7. The fourth-order valence-corrected chi connectivity index (χ4v) is 2.43. The summed E-state index contributed by atoms with van der Waals surface area (Å²) in [5, 5.41) is 29.4. The van der Waals surface area contributed by atoms with Crippen molar-refractivity contribution in [1.29, 1.82) is 0 Å². The normalized spacial score (nSPS) is 30.7. The Morgan fingerprint density at radius 1 is 1.22 bits per heavy atom. The second-order valence-electron chi connectivity index (χ2n) is 5.06. The number of benzene rings is 1. The monoisotopic (exact) mass is 326 g/mol. The first kappa shape index (κ1) is 17.7. The molecule has 1 saturated heterocycles. The van der Waals surface area contributed by atoms with E-state index >= 15 is 0 Å². The molecule has 1 aromatic carbocycles. The Hall–Kier alpha value is -1.64. The molecule has 3 N–H and O–H groups in total. The average molecular weight is 326 g/mol. The van der Waals surface area contributed by atoms with Crippen LogP contribution < -0.4 is 9.47 Å². The second-order valence-corrected chi connectivity index (χ2v) is 5.06. The Kier molecular flexibility index (Phi) is 6.37. The van der Waals surface area contributed by atoms with Gasteiger partial charge in [-0.15, -0.1) is 6.58 Å². The van der Waals surface area contributed by atoms with Gasteiger partial charge in [-0.1, -0.05) is 18.2 Å². The summed E-state index contributed by atoms with van der Waals surface area (Å²) in [5.41, 5.74) is 0. The van der Waals surface area contributed by atoms with E-state index in [9.17, 15) is 15.3 Å². The third-order valence-corrected chi connectivity index (χ3v) is 3.55. The minimum absolute atomic E-state index is 0.151. The molecule has 0 saturated carbocycles. The third-order valence-electron chi connectivity index (χ3n) is 3.55. The Balaban J connectivity index is 2.26. The zero-order chi connectivity index (χ0) is 16.8. The third kappa shape index (κ3) is 4.01. The van der Waals surface area contributed by atoms with Gasteiger partial charge in [-0.2, -0.15) is 0 Å². The van der Waals surface area contributed by atoms with E-state index in [2.05, 4.69) is 6.58 Å². The van der Waals surface area contributed by atoms with Crippen molar-refractivity contribution in [3.63, 3.8) is 0 Å². The van der Waals surface area contributed by atoms with Crippen molar-refractivity contribution in [1.82, 2.24) is 0 Å². The van der Waals surface area contributed by atoms with Gasteiger partial charge in [-0.25, -0.2) is 0 Å². The number of aliphatic hydroxyl groups is 3. The van der Waals surface area contributed by atoms with Crippen LogP contribution in [0.3, 0.4) is 0 Å². The fraction of sp³-hybridized carbons (Fsp3) is 0.500. The maximum Gasteiger partial charge on any atom is 0.184 e. The zero-order valence-electron chi connectivity index (χ0n) is 12.9. The van der Waals surface area contributed by atoms with E-state index in [0.29, 0.717) is 11.5 Å². The van der Waals surface area contributed by atoms with E-state index in [1.165, 1.54) is 13.2 Å². The number of rotatable bonds is 7. The summed E-state index contributed by atoms with van der Waals surface area (Å²) >= 11 is 0. The zero-order valence-corrected chi connectivity index (χ0v) is 12.9. The molecule has 0 amide bonds. The number of aliphatic hydroxyl groups excluding tert-OH is 3. The summed E-state index contributed by atoms with van der Waals surface area (Å²) in [4.78, 5) is 0. The van der Waals surface area contributed by atoms with Gasteiger partial charge in [-0.05, 0) is 12.1 Å². The Morgan fingerprint density at radius 2 is 1.91 bits per heavy atom. The van der Waals surface area contributed by atoms with E-state index in [4.69, 9.17) is 18.9 Å². The molecule has 0 aliphatic carbocycles. The lowest BCUT2D eigenvalue weighted by molar-refractivity contribution is -0.288. The van der Waals surface area contributed by atoms with Gasteiger partial charge in [-0.3, -0.25) is 0 Å². The maximum atomic E-state index is 10.1. The van der Waals surface area contributed by atoms with Crippen LogP contribution in [0.25, 0.3) is 0 Å². The Morgan fingerprint density at radius 3 is 2.52 bits per heavy atom. The van der Waals surface area contributed by atoms with Crippen molar-refractivity contribution in [2.75, 3.05) is 20.3 Å². The van der Waals surface area contributed by atoms with Crippen molar-refractivity contribution < 1.29 is 34.3 Å². The summed E-state index contributed by atoms with van der Waals surface area (Å²) < 4.78 is 21.8. The number of para-hydroxylation sites is 2. The van der Waals surface area contributed by atoms with E-state index in [1.54, 1.807) is 24.3 Å². The highest BCUT2D eigenvalue weighted by molar-refractivity contribution is 5.39. The summed E-state index contributed by atoms with van der Waals surface area (Å²) in [6.07, 6.45) is -3.89. The fourth-order valence-electron chi connectivity index (χ4n) is 2.43. The van der Waals surface area contributed by atoms with E-state index < -0.39 is 37.3 Å². The van der Waals surface area contributed by atoms with Gasteiger partial charge >= 0.3 is 0 Å². The van der Waals surface area contributed by atoms with Gasteiger partial charge < -0.3 is 34.3 Å². The molecule has 0 unspecified atom stereocenters. The number of hydrogen-bond donors (Lipinski definition) is 3. The standard InChI is InChI=1S/C16H22O7/c1-3-8-21-15-13(18)16(19)23-12(9-17)14(15)22-11-7-5-4-6-10(11)20-2/h3-7,12-19H,1,8-9H2,2H3/t12-,13-,14+,15-,16-/m1/s1. The predicted molar refractivity (Wildman–Crippen MR) is 81.3 cm³/mol. The molecule has 2 rings (SSSR count). The quantitative estimate of drug-likeness (QED) is 0.611. The molecule has 0 radical (unpaired) electrons. The first-order chi connectivity index (χ1) is 11.1. The maximum absolute atomic E-state index is 10.1. The van der Waals surface area contributed by atoms with Crippen LogP contribution in [0.1, 0.15) is 0 Å². The predicted octanol–water partition coefficient (Wildman–Crippen LogP) is 0.0842. The van der Waals surface area contributed by atoms with Crippen LogP contribution in [-0.4, -0.2) is 66.3 Å². The molecule has 128 valence electrons. The lowest BCUT2D eigenvalue weighted by Gasteiger charge is -2.42. The topological polar surface area (TPSA) is 97.6 Å². The highest BCUT2D eigenvalue weighted by Gasteiger charge is 2.47. The molecule has 1 aliphatic rings. The minimum atomic E-state index is -1.47. The molecule has 7 heteroatoms. The average Bonchev–Trinajstić information content (AvgIpc) is 2.58. The molecule has 1 aromatic rings. The summed E-state index contributed by atoms with van der Waals surface area (Å²) in [6.45, 7) is 3.30. The van der Waals surface area contributed by atoms with E-state index in [-0.39, 0.29) is 6.61 Å². The summed E-state index contributed by atoms with van der Waals surface area (Å²) in [6, 6.07) is 6.96. The first-order valence-corrected chi connectivity index (χ1v) is 7.27. The molecule has 23 heavy (non-hydrogen) atoms. The lowest BCUT2D eigenvalue weighted by Crippen LogP contribution is -2.61. The SMILES string of the molecule is C=CCO[C@@H]1[C@@H](O)[C@H](O)O[C@H](CO)[C@@H]1Oc1ccccc1OC. The molecule has 0 aromatic heterocycles. The van der Waals surface area contributed by atoms with Crippen LogP contribution in [-0.2, 0) is 9.47 Å². The summed E-state index contributed by atoms with van der Waals surface area (Å²) in [7, 11) is 1.51. The summed E-state index contributed by atoms with van der Waals surface area (Å²) in [5.74, 6) is 0.908.